The van der Waals surface area contributed by atoms with Gasteiger partial charge in [-0.1, -0.05) is 12.1 Å². The molecule has 1 heterocycles. The zero-order chi connectivity index (χ0) is 15.2. The molecule has 0 saturated carbocycles. The average Bonchev–Trinajstić information content (AvgIpc) is 2.49. The van der Waals surface area contributed by atoms with Crippen molar-refractivity contribution in [3.8, 4) is 0 Å². The highest BCUT2D eigenvalue weighted by molar-refractivity contribution is 5.89. The predicted molar refractivity (Wildman–Crippen MR) is 84.3 cm³/mol. The number of piperidine rings is 1. The Balaban J connectivity index is 1.82. The molecule has 0 unspecified atom stereocenters. The second-order valence-corrected chi connectivity index (χ2v) is 6.13. The fourth-order valence-electron chi connectivity index (χ4n) is 2.93. The van der Waals surface area contributed by atoms with Crippen molar-refractivity contribution in [2.24, 2.45) is 5.92 Å². The molecule has 0 aliphatic carbocycles. The first kappa shape index (κ1) is 16.0. The summed E-state index contributed by atoms with van der Waals surface area (Å²) in [4.78, 5) is 16.2. The Morgan fingerprint density at radius 2 is 1.90 bits per heavy atom. The van der Waals surface area contributed by atoms with Gasteiger partial charge in [0.1, 0.15) is 0 Å². The lowest BCUT2D eigenvalue weighted by Gasteiger charge is -2.31. The van der Waals surface area contributed by atoms with E-state index in [9.17, 15) is 4.79 Å². The molecule has 0 bridgehead atoms. The number of carbonyl (C=O) groups excluding carboxylic acids is 1. The predicted octanol–water partition coefficient (Wildman–Crippen LogP) is 2.25. The van der Waals surface area contributed by atoms with Gasteiger partial charge < -0.3 is 14.5 Å². The van der Waals surface area contributed by atoms with Crippen LogP contribution in [0.2, 0.25) is 0 Å². The fourth-order valence-corrected chi connectivity index (χ4v) is 2.93. The van der Waals surface area contributed by atoms with E-state index in [1.54, 1.807) is 0 Å². The van der Waals surface area contributed by atoms with E-state index < -0.39 is 0 Å². The third-order valence-corrected chi connectivity index (χ3v) is 4.24. The Kier molecular flexibility index (Phi) is 5.76. The third kappa shape index (κ3) is 4.83. The van der Waals surface area contributed by atoms with Crippen LogP contribution in [0.15, 0.2) is 24.3 Å². The summed E-state index contributed by atoms with van der Waals surface area (Å²) in [5, 5.41) is 0. The molecular formula is C17H26N2O2. The van der Waals surface area contributed by atoms with Crippen LogP contribution < -0.4 is 0 Å². The van der Waals surface area contributed by atoms with Crippen LogP contribution in [0.5, 0.6) is 0 Å². The van der Waals surface area contributed by atoms with Crippen LogP contribution in [-0.4, -0.2) is 56.6 Å². The topological polar surface area (TPSA) is 32.8 Å². The van der Waals surface area contributed by atoms with E-state index >= 15 is 0 Å². The number of hydrogen-bond donors (Lipinski definition) is 0. The van der Waals surface area contributed by atoms with Crippen molar-refractivity contribution in [3.63, 3.8) is 0 Å². The molecule has 0 spiro atoms. The number of likely N-dealkylation sites (tertiary alicyclic amines) is 1. The Morgan fingerprint density at radius 3 is 2.48 bits per heavy atom. The van der Waals surface area contributed by atoms with Crippen LogP contribution in [0.3, 0.4) is 0 Å². The van der Waals surface area contributed by atoms with Gasteiger partial charge in [0, 0.05) is 13.1 Å². The third-order valence-electron chi connectivity index (χ3n) is 4.24. The van der Waals surface area contributed by atoms with Crippen LogP contribution >= 0.6 is 0 Å². The van der Waals surface area contributed by atoms with Crippen molar-refractivity contribution in [2.75, 3.05) is 40.8 Å². The van der Waals surface area contributed by atoms with E-state index in [1.807, 2.05) is 24.3 Å². The first-order chi connectivity index (χ1) is 10.1. The van der Waals surface area contributed by atoms with E-state index in [-0.39, 0.29) is 5.97 Å². The Labute approximate surface area is 127 Å². The highest BCUT2D eigenvalue weighted by atomic mass is 16.5. The van der Waals surface area contributed by atoms with Crippen LogP contribution in [0.25, 0.3) is 0 Å². The maximum Gasteiger partial charge on any atom is 0.337 e. The number of rotatable bonds is 5. The van der Waals surface area contributed by atoms with Gasteiger partial charge in [0.05, 0.1) is 12.7 Å². The van der Waals surface area contributed by atoms with Crippen molar-refractivity contribution >= 4 is 5.97 Å². The first-order valence-corrected chi connectivity index (χ1v) is 7.63. The summed E-state index contributed by atoms with van der Waals surface area (Å²) in [6.07, 6.45) is 2.59. The molecule has 0 radical (unpaired) electrons. The lowest BCUT2D eigenvalue weighted by molar-refractivity contribution is 0.0600. The van der Waals surface area contributed by atoms with Gasteiger partial charge in [-0.15, -0.1) is 0 Å². The van der Waals surface area contributed by atoms with Crippen molar-refractivity contribution in [3.05, 3.63) is 35.4 Å². The van der Waals surface area contributed by atoms with Crippen LogP contribution in [0.4, 0.5) is 0 Å². The molecule has 116 valence electrons. The maximum atomic E-state index is 11.4. The molecule has 1 fully saturated rings. The molecule has 4 nitrogen and oxygen atoms in total. The molecule has 0 atom stereocenters. The standard InChI is InChI=1S/C17H26N2O2/c1-18-10-8-15(9-11-18)13-19(2)12-14-4-6-16(7-5-14)17(20)21-3/h4-7,15H,8-13H2,1-3H3. The van der Waals surface area contributed by atoms with Gasteiger partial charge in [-0.05, 0) is 63.6 Å². The zero-order valence-electron chi connectivity index (χ0n) is 13.3. The van der Waals surface area contributed by atoms with Crippen LogP contribution in [0.1, 0.15) is 28.8 Å². The highest BCUT2D eigenvalue weighted by Crippen LogP contribution is 2.18. The summed E-state index contributed by atoms with van der Waals surface area (Å²) in [7, 11) is 5.78. The van der Waals surface area contributed by atoms with Crippen LogP contribution in [-0.2, 0) is 11.3 Å². The minimum atomic E-state index is -0.277. The molecule has 2 rings (SSSR count). The average molecular weight is 290 g/mol. The van der Waals surface area contributed by atoms with E-state index in [2.05, 4.69) is 23.9 Å². The van der Waals surface area contributed by atoms with Gasteiger partial charge >= 0.3 is 5.97 Å². The first-order valence-electron chi connectivity index (χ1n) is 7.63. The zero-order valence-corrected chi connectivity index (χ0v) is 13.3. The summed E-state index contributed by atoms with van der Waals surface area (Å²) in [6.45, 7) is 4.50. The van der Waals surface area contributed by atoms with E-state index in [1.165, 1.54) is 38.6 Å². The second kappa shape index (κ2) is 7.57. The molecule has 0 N–H and O–H groups in total. The van der Waals surface area contributed by atoms with Gasteiger partial charge in [0.15, 0.2) is 0 Å². The molecule has 1 aliphatic heterocycles. The Morgan fingerprint density at radius 1 is 1.29 bits per heavy atom. The highest BCUT2D eigenvalue weighted by Gasteiger charge is 2.18. The van der Waals surface area contributed by atoms with Gasteiger partial charge in [0.25, 0.3) is 0 Å². The molecule has 1 aromatic rings. The SMILES string of the molecule is COC(=O)c1ccc(CN(C)CC2CCN(C)CC2)cc1. The van der Waals surface area contributed by atoms with E-state index in [0.717, 1.165) is 19.0 Å². The summed E-state index contributed by atoms with van der Waals surface area (Å²) < 4.78 is 4.71. The second-order valence-electron chi connectivity index (χ2n) is 6.13. The van der Waals surface area contributed by atoms with E-state index in [4.69, 9.17) is 4.74 Å². The van der Waals surface area contributed by atoms with Gasteiger partial charge in [0.2, 0.25) is 0 Å². The van der Waals surface area contributed by atoms with Crippen molar-refractivity contribution < 1.29 is 9.53 Å². The summed E-state index contributed by atoms with van der Waals surface area (Å²) in [6, 6.07) is 7.70. The normalized spacial score (nSPS) is 17.1. The summed E-state index contributed by atoms with van der Waals surface area (Å²) in [5.74, 6) is 0.529. The Bertz CT molecular complexity index is 450. The van der Waals surface area contributed by atoms with Crippen molar-refractivity contribution in [2.45, 2.75) is 19.4 Å². The number of esters is 1. The summed E-state index contributed by atoms with van der Waals surface area (Å²) in [5.41, 5.74) is 1.84. The molecular weight excluding hydrogens is 264 g/mol. The largest absolute Gasteiger partial charge is 0.465 e. The van der Waals surface area contributed by atoms with Crippen LogP contribution in [0, 0.1) is 5.92 Å². The van der Waals surface area contributed by atoms with Gasteiger partial charge in [-0.25, -0.2) is 4.79 Å². The quantitative estimate of drug-likeness (QED) is 0.779. The molecule has 0 aromatic heterocycles. The maximum absolute atomic E-state index is 11.4. The minimum absolute atomic E-state index is 0.277. The number of benzene rings is 1. The molecule has 4 heteroatoms. The molecule has 1 aromatic carbocycles. The molecule has 1 saturated heterocycles. The smallest absolute Gasteiger partial charge is 0.337 e. The minimum Gasteiger partial charge on any atom is -0.465 e. The Hall–Kier alpha value is -1.39. The summed E-state index contributed by atoms with van der Waals surface area (Å²) >= 11 is 0. The molecule has 21 heavy (non-hydrogen) atoms. The van der Waals surface area contributed by atoms with E-state index in [0.29, 0.717) is 5.56 Å². The number of nitrogens with zero attached hydrogens (tertiary/aromatic N) is 2. The van der Waals surface area contributed by atoms with Gasteiger partial charge in [-0.3, -0.25) is 0 Å². The number of ether oxygens (including phenoxy) is 1. The fraction of sp³-hybridized carbons (Fsp3) is 0.588. The van der Waals surface area contributed by atoms with Crippen molar-refractivity contribution in [1.29, 1.82) is 0 Å². The molecule has 0 amide bonds. The lowest BCUT2D eigenvalue weighted by atomic mass is 9.96. The number of hydrogen-bond acceptors (Lipinski definition) is 4. The monoisotopic (exact) mass is 290 g/mol. The van der Waals surface area contributed by atoms with Gasteiger partial charge in [-0.2, -0.15) is 0 Å². The molecule has 1 aliphatic rings. The number of carbonyl (C=O) groups is 1. The lowest BCUT2D eigenvalue weighted by Crippen LogP contribution is -2.35. The number of methoxy groups -OCH3 is 1. The van der Waals surface area contributed by atoms with Crippen molar-refractivity contribution in [1.82, 2.24) is 9.80 Å².